The highest BCUT2D eigenvalue weighted by atomic mass is 16.5. The first-order chi connectivity index (χ1) is 12.0. The summed E-state index contributed by atoms with van der Waals surface area (Å²) in [7, 11) is 2.73. The van der Waals surface area contributed by atoms with E-state index in [1.54, 1.807) is 27.7 Å². The Morgan fingerprint density at radius 2 is 1.15 bits per heavy atom. The summed E-state index contributed by atoms with van der Waals surface area (Å²) in [6, 6.07) is 2.90. The van der Waals surface area contributed by atoms with E-state index in [-0.39, 0.29) is 35.8 Å². The molecule has 0 saturated carbocycles. The van der Waals surface area contributed by atoms with E-state index in [1.807, 2.05) is 0 Å². The minimum Gasteiger partial charge on any atom is -0.492 e. The van der Waals surface area contributed by atoms with Crippen molar-refractivity contribution in [1.29, 1.82) is 0 Å². The number of aliphatic hydroxyl groups is 2. The summed E-state index contributed by atoms with van der Waals surface area (Å²) in [5.74, 6) is -0.731. The number of rotatable bonds is 8. The minimum absolute atomic E-state index is 0.105. The second-order valence-electron chi connectivity index (χ2n) is 7.22. The molecule has 0 bridgehead atoms. The molecule has 0 spiro atoms. The fourth-order valence-electron chi connectivity index (χ4n) is 2.15. The quantitative estimate of drug-likeness (QED) is 0.537. The van der Waals surface area contributed by atoms with Gasteiger partial charge in [-0.2, -0.15) is 0 Å². The lowest BCUT2D eigenvalue weighted by atomic mass is 10.0. The molecule has 8 heteroatoms. The van der Waals surface area contributed by atoms with Crippen LogP contribution in [0.3, 0.4) is 0 Å². The Labute approximate surface area is 153 Å². The van der Waals surface area contributed by atoms with Crippen LogP contribution in [0.25, 0.3) is 0 Å². The van der Waals surface area contributed by atoms with Gasteiger partial charge in [-0.25, -0.2) is 0 Å². The highest BCUT2D eigenvalue weighted by Gasteiger charge is 2.28. The summed E-state index contributed by atoms with van der Waals surface area (Å²) < 4.78 is 10.6. The predicted molar refractivity (Wildman–Crippen MR) is 96.8 cm³/mol. The number of amides is 2. The smallest absolute Gasteiger partial charge is 0.255 e. The molecule has 2 amide bonds. The van der Waals surface area contributed by atoms with Crippen LogP contribution < -0.4 is 20.1 Å². The van der Waals surface area contributed by atoms with Crippen LogP contribution >= 0.6 is 0 Å². The Hall–Kier alpha value is -2.32. The number of carbonyl (C=O) groups is 2. The third-order valence-corrected chi connectivity index (χ3v) is 3.70. The number of carbonyl (C=O) groups excluding carboxylic acids is 2. The van der Waals surface area contributed by atoms with Crippen molar-refractivity contribution in [3.63, 3.8) is 0 Å². The average molecular weight is 368 g/mol. The highest BCUT2D eigenvalue weighted by molar-refractivity contribution is 6.03. The third-order valence-electron chi connectivity index (χ3n) is 3.70. The zero-order valence-electron chi connectivity index (χ0n) is 16.1. The van der Waals surface area contributed by atoms with Crippen LogP contribution in [0.4, 0.5) is 0 Å². The van der Waals surface area contributed by atoms with E-state index >= 15 is 0 Å². The summed E-state index contributed by atoms with van der Waals surface area (Å²) >= 11 is 0. The highest BCUT2D eigenvalue weighted by Crippen LogP contribution is 2.35. The summed E-state index contributed by atoms with van der Waals surface area (Å²) in [6.07, 6.45) is 0. The standard InChI is InChI=1S/C18H28N2O6/c1-17(2,9-21)19-15(23)11-7-8-12(14(26-6)13(11)25-5)16(24)20-18(3,4)10-22/h7-8,21-22H,9-10H2,1-6H3,(H,19,23)(H,20,24). The number of ether oxygens (including phenoxy) is 2. The molecule has 0 radical (unpaired) electrons. The molecule has 0 atom stereocenters. The fraction of sp³-hybridized carbons (Fsp3) is 0.556. The van der Waals surface area contributed by atoms with Crippen molar-refractivity contribution in [2.45, 2.75) is 38.8 Å². The summed E-state index contributed by atoms with van der Waals surface area (Å²) in [6.45, 7) is 6.21. The Balaban J connectivity index is 3.32. The molecule has 8 nitrogen and oxygen atoms in total. The van der Waals surface area contributed by atoms with Crippen molar-refractivity contribution in [2.24, 2.45) is 0 Å². The molecular formula is C18H28N2O6. The van der Waals surface area contributed by atoms with Gasteiger partial charge < -0.3 is 30.3 Å². The lowest BCUT2D eigenvalue weighted by Gasteiger charge is -2.26. The van der Waals surface area contributed by atoms with Gasteiger partial charge in [0.15, 0.2) is 11.5 Å². The number of benzene rings is 1. The zero-order valence-corrected chi connectivity index (χ0v) is 16.1. The van der Waals surface area contributed by atoms with E-state index in [4.69, 9.17) is 9.47 Å². The van der Waals surface area contributed by atoms with Gasteiger partial charge in [0, 0.05) is 0 Å². The molecule has 1 aromatic rings. The van der Waals surface area contributed by atoms with E-state index in [1.165, 1.54) is 26.4 Å². The Morgan fingerprint density at radius 1 is 0.846 bits per heavy atom. The second kappa shape index (κ2) is 8.37. The molecule has 26 heavy (non-hydrogen) atoms. The fourth-order valence-corrected chi connectivity index (χ4v) is 2.15. The van der Waals surface area contributed by atoms with Crippen LogP contribution in [0.1, 0.15) is 48.4 Å². The molecule has 0 heterocycles. The number of nitrogens with one attached hydrogen (secondary N) is 2. The molecule has 0 aliphatic rings. The first-order valence-corrected chi connectivity index (χ1v) is 8.13. The molecule has 0 unspecified atom stereocenters. The maximum atomic E-state index is 12.5. The van der Waals surface area contributed by atoms with Crippen LogP contribution in [0.2, 0.25) is 0 Å². The van der Waals surface area contributed by atoms with E-state index in [0.717, 1.165) is 0 Å². The van der Waals surface area contributed by atoms with Gasteiger partial charge in [0.2, 0.25) is 0 Å². The number of hydrogen-bond acceptors (Lipinski definition) is 6. The Morgan fingerprint density at radius 3 is 1.38 bits per heavy atom. The average Bonchev–Trinajstić information content (AvgIpc) is 2.59. The maximum absolute atomic E-state index is 12.5. The first kappa shape index (κ1) is 21.7. The summed E-state index contributed by atoms with van der Waals surface area (Å²) in [5, 5.41) is 24.0. The molecule has 1 aromatic carbocycles. The van der Waals surface area contributed by atoms with E-state index < -0.39 is 22.9 Å². The molecule has 0 aliphatic heterocycles. The topological polar surface area (TPSA) is 117 Å². The Kier molecular flexibility index (Phi) is 7.00. The largest absolute Gasteiger partial charge is 0.492 e. The van der Waals surface area contributed by atoms with Crippen LogP contribution in [0.5, 0.6) is 11.5 Å². The lowest BCUT2D eigenvalue weighted by molar-refractivity contribution is 0.0851. The zero-order chi connectivity index (χ0) is 20.1. The summed E-state index contributed by atoms with van der Waals surface area (Å²) in [5.41, 5.74) is -1.31. The van der Waals surface area contributed by atoms with Gasteiger partial charge in [0.25, 0.3) is 11.8 Å². The van der Waals surface area contributed by atoms with Crippen LogP contribution in [-0.2, 0) is 0 Å². The minimum atomic E-state index is -0.823. The molecular weight excluding hydrogens is 340 g/mol. The van der Waals surface area contributed by atoms with E-state index in [2.05, 4.69) is 10.6 Å². The number of hydrogen-bond donors (Lipinski definition) is 4. The maximum Gasteiger partial charge on any atom is 0.255 e. The molecule has 146 valence electrons. The van der Waals surface area contributed by atoms with Gasteiger partial charge in [0.05, 0.1) is 49.6 Å². The van der Waals surface area contributed by atoms with Gasteiger partial charge in [0.1, 0.15) is 0 Å². The predicted octanol–water partition coefficient (Wildman–Crippen LogP) is 0.705. The molecule has 0 aromatic heterocycles. The first-order valence-electron chi connectivity index (χ1n) is 8.13. The molecule has 0 saturated heterocycles. The van der Waals surface area contributed by atoms with Gasteiger partial charge >= 0.3 is 0 Å². The number of methoxy groups -OCH3 is 2. The molecule has 0 aliphatic carbocycles. The molecule has 0 fully saturated rings. The van der Waals surface area contributed by atoms with Crippen molar-refractivity contribution >= 4 is 11.8 Å². The summed E-state index contributed by atoms with van der Waals surface area (Å²) in [4.78, 5) is 25.1. The van der Waals surface area contributed by atoms with Gasteiger partial charge in [-0.3, -0.25) is 9.59 Å². The monoisotopic (exact) mass is 368 g/mol. The second-order valence-corrected chi connectivity index (χ2v) is 7.22. The van der Waals surface area contributed by atoms with Gasteiger partial charge in [-0.05, 0) is 39.8 Å². The van der Waals surface area contributed by atoms with Crippen molar-refractivity contribution in [3.05, 3.63) is 23.3 Å². The van der Waals surface area contributed by atoms with E-state index in [0.29, 0.717) is 0 Å². The normalized spacial score (nSPS) is 11.7. The third kappa shape index (κ3) is 5.09. The SMILES string of the molecule is COc1c(C(=O)NC(C)(C)CO)ccc(C(=O)NC(C)(C)CO)c1OC. The molecule has 1 rings (SSSR count). The van der Waals surface area contributed by atoms with Crippen molar-refractivity contribution in [3.8, 4) is 11.5 Å². The number of aliphatic hydroxyl groups excluding tert-OH is 2. The van der Waals surface area contributed by atoms with Crippen LogP contribution in [-0.4, -0.2) is 60.5 Å². The van der Waals surface area contributed by atoms with Gasteiger partial charge in [-0.1, -0.05) is 0 Å². The van der Waals surface area contributed by atoms with E-state index in [9.17, 15) is 19.8 Å². The van der Waals surface area contributed by atoms with Crippen LogP contribution in [0.15, 0.2) is 12.1 Å². The Bertz CT molecular complexity index is 613. The van der Waals surface area contributed by atoms with Crippen molar-refractivity contribution in [2.75, 3.05) is 27.4 Å². The van der Waals surface area contributed by atoms with Crippen LogP contribution in [0, 0.1) is 0 Å². The van der Waals surface area contributed by atoms with Crippen molar-refractivity contribution < 1.29 is 29.3 Å². The van der Waals surface area contributed by atoms with Gasteiger partial charge in [-0.15, -0.1) is 0 Å². The molecule has 4 N–H and O–H groups in total. The lowest BCUT2D eigenvalue weighted by Crippen LogP contribution is -2.47. The van der Waals surface area contributed by atoms with Crippen molar-refractivity contribution in [1.82, 2.24) is 10.6 Å².